The predicted octanol–water partition coefficient (Wildman–Crippen LogP) is 4.83. The topological polar surface area (TPSA) is 181 Å². The molecule has 3 N–H and O–H groups in total. The fraction of sp³-hybridized carbons (Fsp3) is 0.800. The van der Waals surface area contributed by atoms with Gasteiger partial charge in [0.05, 0.1) is 53.7 Å². The SMILES string of the molecule is CC[C@H]1OC(=O)[C@H](C)[C@@H](OC2CC(C)(OC)C(O)C(C)O2)[C@H](C)[C@@H](OC2OC(C)CC(N(C)C)C2OC(=S)Oc2ccccc2)[C@@](C)(OC)C[C@@H](C)C(=O)[C@H](C)[C@@H](O)[C@]1(C)O. The molecule has 15 nitrogen and oxygen atoms in total. The van der Waals surface area contributed by atoms with E-state index in [9.17, 15) is 24.9 Å². The molecule has 0 saturated carbocycles. The van der Waals surface area contributed by atoms with Crippen LogP contribution in [0.5, 0.6) is 5.75 Å². The van der Waals surface area contributed by atoms with E-state index in [4.69, 9.17) is 54.8 Å². The highest BCUT2D eigenvalue weighted by atomic mass is 32.1. The number of carbonyl (C=O) groups excluding carboxylic acids is 2. The van der Waals surface area contributed by atoms with Crippen LogP contribution in [0.4, 0.5) is 0 Å². The van der Waals surface area contributed by atoms with Crippen molar-refractivity contribution in [3.8, 4) is 5.75 Å². The molecule has 0 radical (unpaired) electrons. The van der Waals surface area contributed by atoms with Gasteiger partial charge in [0.2, 0.25) is 0 Å². The molecule has 3 heterocycles. The van der Waals surface area contributed by atoms with Gasteiger partial charge < -0.3 is 62.9 Å². The molecule has 3 aliphatic rings. The average Bonchev–Trinajstić information content (AvgIpc) is 3.21. The second kappa shape index (κ2) is 21.1. The van der Waals surface area contributed by atoms with Crippen LogP contribution >= 0.6 is 12.2 Å². The maximum absolute atomic E-state index is 14.4. The summed E-state index contributed by atoms with van der Waals surface area (Å²) in [6.45, 7) is 17.2. The molecule has 0 aromatic heterocycles. The lowest BCUT2D eigenvalue weighted by Crippen LogP contribution is -2.62. The second-order valence-corrected chi connectivity index (χ2v) is 18.7. The van der Waals surface area contributed by atoms with Gasteiger partial charge in [0, 0.05) is 50.6 Å². The molecule has 3 fully saturated rings. The molecule has 0 aliphatic carbocycles. The van der Waals surface area contributed by atoms with Gasteiger partial charge in [-0.15, -0.1) is 0 Å². The van der Waals surface area contributed by atoms with Crippen LogP contribution < -0.4 is 4.74 Å². The number of ketones is 1. The van der Waals surface area contributed by atoms with E-state index in [0.717, 1.165) is 0 Å². The lowest BCUT2D eigenvalue weighted by molar-refractivity contribution is -0.318. The number of benzene rings is 1. The summed E-state index contributed by atoms with van der Waals surface area (Å²) in [7, 11) is 6.88. The minimum atomic E-state index is -1.99. The van der Waals surface area contributed by atoms with Crippen molar-refractivity contribution in [2.45, 2.75) is 179 Å². The van der Waals surface area contributed by atoms with Gasteiger partial charge in [0.1, 0.15) is 29.3 Å². The third-order valence-corrected chi connectivity index (χ3v) is 13.6. The normalized spacial score (nSPS) is 43.3. The molecule has 0 spiro atoms. The Labute approximate surface area is 367 Å². The van der Waals surface area contributed by atoms with E-state index in [2.05, 4.69) is 0 Å². The van der Waals surface area contributed by atoms with Crippen molar-refractivity contribution in [1.29, 1.82) is 0 Å². The first kappa shape index (κ1) is 51.3. The zero-order valence-electron chi connectivity index (χ0n) is 38.6. The van der Waals surface area contributed by atoms with E-state index in [1.54, 1.807) is 53.7 Å². The molecule has 61 heavy (non-hydrogen) atoms. The van der Waals surface area contributed by atoms with E-state index >= 15 is 0 Å². The van der Waals surface area contributed by atoms with E-state index in [1.807, 2.05) is 58.0 Å². The maximum atomic E-state index is 14.4. The van der Waals surface area contributed by atoms with Crippen LogP contribution in [-0.4, -0.2) is 150 Å². The number of para-hydroxylation sites is 1. The molecule has 4 rings (SSSR count). The van der Waals surface area contributed by atoms with Crippen molar-refractivity contribution >= 4 is 29.2 Å². The Balaban J connectivity index is 1.88. The number of likely N-dealkylation sites (N-methyl/N-ethyl adjacent to an activating group) is 1. The number of cyclic esters (lactones) is 1. The summed E-state index contributed by atoms with van der Waals surface area (Å²) in [6.07, 6.45) is -8.80. The predicted molar refractivity (Wildman–Crippen MR) is 230 cm³/mol. The van der Waals surface area contributed by atoms with Crippen molar-refractivity contribution in [2.24, 2.45) is 23.7 Å². The highest BCUT2D eigenvalue weighted by molar-refractivity contribution is 7.79. The molecule has 0 bridgehead atoms. The fourth-order valence-corrected chi connectivity index (χ4v) is 9.62. The zero-order chi connectivity index (χ0) is 45.8. The molecular weight excluding hydrogens is 811 g/mol. The van der Waals surface area contributed by atoms with Crippen LogP contribution in [0.2, 0.25) is 0 Å². The number of rotatable bonds is 10. The summed E-state index contributed by atoms with van der Waals surface area (Å²) < 4.78 is 57.4. The number of nitrogens with zero attached hydrogens (tertiary/aromatic N) is 1. The molecule has 3 aliphatic heterocycles. The second-order valence-electron chi connectivity index (χ2n) is 18.4. The Morgan fingerprint density at radius 3 is 2.07 bits per heavy atom. The number of aliphatic hydroxyl groups is 3. The number of ether oxygens (including phenoxy) is 9. The van der Waals surface area contributed by atoms with Gasteiger partial charge >= 0.3 is 11.2 Å². The number of aliphatic hydroxyl groups excluding tert-OH is 2. The number of esters is 1. The van der Waals surface area contributed by atoms with Gasteiger partial charge in [0.15, 0.2) is 18.7 Å². The summed E-state index contributed by atoms with van der Waals surface area (Å²) >= 11 is 5.64. The van der Waals surface area contributed by atoms with Gasteiger partial charge in [-0.3, -0.25) is 9.59 Å². The molecule has 3 saturated heterocycles. The third kappa shape index (κ3) is 11.7. The molecular formula is C45H73NO14S. The van der Waals surface area contributed by atoms with Crippen LogP contribution in [0.3, 0.4) is 0 Å². The van der Waals surface area contributed by atoms with Gasteiger partial charge in [-0.25, -0.2) is 0 Å². The summed E-state index contributed by atoms with van der Waals surface area (Å²) in [6, 6.07) is 8.76. The first-order valence-corrected chi connectivity index (χ1v) is 22.0. The lowest BCUT2D eigenvalue weighted by Gasteiger charge is -2.50. The summed E-state index contributed by atoms with van der Waals surface area (Å²) in [5.41, 5.74) is -4.35. The smallest absolute Gasteiger partial charge is 0.358 e. The Morgan fingerprint density at radius 1 is 0.869 bits per heavy atom. The first-order valence-electron chi connectivity index (χ1n) is 21.6. The van der Waals surface area contributed by atoms with Crippen molar-refractivity contribution < 1.29 is 67.5 Å². The average molecular weight is 884 g/mol. The molecule has 8 unspecified atom stereocenters. The summed E-state index contributed by atoms with van der Waals surface area (Å²) in [5.74, 6) is -4.13. The van der Waals surface area contributed by atoms with E-state index in [1.165, 1.54) is 21.1 Å². The standard InChI is InChI=1S/C45H73NO14S/c1-15-32-45(10,51)37(48)26(4)34(47)24(2)22-44(9,53-14)39(27(5)35(28(6)40(50)57-32)58-33-23-43(8,52-13)38(49)29(7)55-33)60-41-36(31(46(11)12)21-25(3)54-41)59-42(61)56-30-19-17-16-18-20-30/h16-20,24-29,31-33,35-39,41,48-49,51H,15,21-23H2,1-14H3/t24-,25?,26+,27+,28-,29?,31?,32-,33?,35+,36?,37-,38?,39-,41?,43?,44+,45-/m1/s1. The number of hydrogen-bond acceptors (Lipinski definition) is 16. The minimum absolute atomic E-state index is 0.0879. The number of carbonyl (C=O) groups is 2. The Bertz CT molecular complexity index is 1600. The van der Waals surface area contributed by atoms with Crippen molar-refractivity contribution in [2.75, 3.05) is 28.3 Å². The number of hydrogen-bond donors (Lipinski definition) is 3. The van der Waals surface area contributed by atoms with E-state index in [0.29, 0.717) is 12.2 Å². The Morgan fingerprint density at radius 2 is 1.49 bits per heavy atom. The number of methoxy groups -OCH3 is 2. The number of thiocarbonyl (C=S) groups is 1. The van der Waals surface area contributed by atoms with Crippen LogP contribution in [0.15, 0.2) is 30.3 Å². The third-order valence-electron chi connectivity index (χ3n) is 13.4. The highest BCUT2D eigenvalue weighted by Crippen LogP contribution is 2.42. The zero-order valence-corrected chi connectivity index (χ0v) is 39.4. The van der Waals surface area contributed by atoms with E-state index in [-0.39, 0.29) is 42.4 Å². The first-order chi connectivity index (χ1) is 28.4. The molecule has 348 valence electrons. The summed E-state index contributed by atoms with van der Waals surface area (Å²) in [5, 5.41) is 34.3. The van der Waals surface area contributed by atoms with Crippen LogP contribution in [0.1, 0.15) is 94.9 Å². The number of Topliss-reactive ketones (excluding diaryl/α,β-unsaturated/α-hetero) is 1. The van der Waals surface area contributed by atoms with Gasteiger partial charge in [0.25, 0.3) is 0 Å². The molecule has 0 amide bonds. The minimum Gasteiger partial charge on any atom is -0.459 e. The van der Waals surface area contributed by atoms with Crippen molar-refractivity contribution in [3.05, 3.63) is 30.3 Å². The summed E-state index contributed by atoms with van der Waals surface area (Å²) in [4.78, 5) is 30.7. The van der Waals surface area contributed by atoms with Crippen LogP contribution in [-0.2, 0) is 47.5 Å². The van der Waals surface area contributed by atoms with Crippen LogP contribution in [0, 0.1) is 23.7 Å². The fourth-order valence-electron chi connectivity index (χ4n) is 9.42. The Hall–Kier alpha value is -2.35. The highest BCUT2D eigenvalue weighted by Gasteiger charge is 2.54. The van der Waals surface area contributed by atoms with Crippen molar-refractivity contribution in [1.82, 2.24) is 4.90 Å². The maximum Gasteiger partial charge on any atom is 0.358 e. The largest absolute Gasteiger partial charge is 0.459 e. The van der Waals surface area contributed by atoms with Crippen molar-refractivity contribution in [3.63, 3.8) is 0 Å². The monoisotopic (exact) mass is 883 g/mol. The molecule has 1 aromatic rings. The van der Waals surface area contributed by atoms with E-state index < -0.39 is 102 Å². The van der Waals surface area contributed by atoms with Crippen LogP contribution in [0.25, 0.3) is 0 Å². The lowest BCUT2D eigenvalue weighted by atomic mass is 9.74. The molecule has 18 atom stereocenters. The molecule has 1 aromatic carbocycles. The quantitative estimate of drug-likeness (QED) is 0.215. The van der Waals surface area contributed by atoms with Gasteiger partial charge in [-0.05, 0) is 87.0 Å². The molecule has 16 heteroatoms. The van der Waals surface area contributed by atoms with Gasteiger partial charge in [-0.2, -0.15) is 0 Å². The van der Waals surface area contributed by atoms with Gasteiger partial charge in [-0.1, -0.05) is 45.9 Å². The Kier molecular flexibility index (Phi) is 17.7.